The van der Waals surface area contributed by atoms with Gasteiger partial charge >= 0.3 is 0 Å². The van der Waals surface area contributed by atoms with Crippen molar-refractivity contribution in [3.8, 4) is 0 Å². The van der Waals surface area contributed by atoms with Gasteiger partial charge in [0.15, 0.2) is 5.16 Å². The molecule has 0 aliphatic rings. The summed E-state index contributed by atoms with van der Waals surface area (Å²) in [6.07, 6.45) is 0. The number of thiophene rings is 1. The average Bonchev–Trinajstić information content (AvgIpc) is 2.95. The normalized spacial score (nSPS) is 12.9. The third-order valence-electron chi connectivity index (χ3n) is 5.01. The van der Waals surface area contributed by atoms with Crippen LogP contribution >= 0.6 is 23.1 Å². The summed E-state index contributed by atoms with van der Waals surface area (Å²) < 4.78 is 1.74. The number of nitrogens with zero attached hydrogens (tertiary/aromatic N) is 4. The van der Waals surface area contributed by atoms with Crippen molar-refractivity contribution >= 4 is 50.0 Å². The van der Waals surface area contributed by atoms with Crippen molar-refractivity contribution in [3.63, 3.8) is 0 Å². The molecule has 6 nitrogen and oxygen atoms in total. The molecule has 0 fully saturated rings. The first-order valence-corrected chi connectivity index (χ1v) is 11.2. The fourth-order valence-corrected chi connectivity index (χ4v) is 5.48. The molecule has 0 aliphatic heterocycles. The molecule has 2 N–H and O–H groups in total. The number of anilines is 1. The second kappa shape index (κ2) is 7.42. The minimum Gasteiger partial charge on any atom is -0.383 e. The van der Waals surface area contributed by atoms with Crippen LogP contribution in [0, 0.1) is 13.8 Å². The maximum absolute atomic E-state index is 13.0. The molecule has 1 aromatic carbocycles. The Hall–Kier alpha value is -2.45. The predicted molar refractivity (Wildman–Crippen MR) is 122 cm³/mol. The Morgan fingerprint density at radius 2 is 1.83 bits per heavy atom. The lowest BCUT2D eigenvalue weighted by atomic mass is 10.2. The van der Waals surface area contributed by atoms with Gasteiger partial charge in [-0.25, -0.2) is 15.0 Å². The average molecular weight is 426 g/mol. The summed E-state index contributed by atoms with van der Waals surface area (Å²) in [5.41, 5.74) is 8.06. The number of aromatic nitrogens is 4. The Morgan fingerprint density at radius 1 is 1.10 bits per heavy atom. The number of fused-ring (bicyclic) bond motifs is 2. The SMILES string of the molecule is Cc1sc2nc(C(C)Sc3nc4ccccc4c(=O)n3C(C)C)nc(N)c2c1C. The molecule has 0 radical (unpaired) electrons. The van der Waals surface area contributed by atoms with Gasteiger partial charge in [-0.2, -0.15) is 0 Å². The Labute approximate surface area is 177 Å². The standard InChI is InChI=1S/C21H23N5OS2/c1-10(2)26-20(27)14-8-6-7-9-15(14)23-21(26)29-13(5)18-24-17(22)16-11(3)12(4)28-19(16)25-18/h6-10,13H,1-5H3,(H2,22,24,25). The fourth-order valence-electron chi connectivity index (χ4n) is 3.35. The number of aryl methyl sites for hydroxylation is 2. The molecular weight excluding hydrogens is 402 g/mol. The maximum Gasteiger partial charge on any atom is 0.262 e. The van der Waals surface area contributed by atoms with Crippen molar-refractivity contribution in [2.75, 3.05) is 5.73 Å². The second-order valence-corrected chi connectivity index (χ2v) is 9.88. The Morgan fingerprint density at radius 3 is 2.55 bits per heavy atom. The summed E-state index contributed by atoms with van der Waals surface area (Å²) in [4.78, 5) is 29.2. The lowest BCUT2D eigenvalue weighted by Crippen LogP contribution is -2.25. The Bertz CT molecular complexity index is 1290. The van der Waals surface area contributed by atoms with E-state index in [1.165, 1.54) is 16.6 Å². The number of rotatable bonds is 4. The highest BCUT2D eigenvalue weighted by Crippen LogP contribution is 2.37. The minimum absolute atomic E-state index is 0.00892. The van der Waals surface area contributed by atoms with Gasteiger partial charge in [0.1, 0.15) is 16.5 Å². The van der Waals surface area contributed by atoms with Gasteiger partial charge in [0.05, 0.1) is 21.5 Å². The van der Waals surface area contributed by atoms with Gasteiger partial charge in [-0.15, -0.1) is 11.3 Å². The monoisotopic (exact) mass is 425 g/mol. The maximum atomic E-state index is 13.0. The van der Waals surface area contributed by atoms with Gasteiger partial charge in [0, 0.05) is 10.9 Å². The van der Waals surface area contributed by atoms with Crippen LogP contribution in [0.15, 0.2) is 34.2 Å². The molecule has 1 atom stereocenters. The predicted octanol–water partition coefficient (Wildman–Crippen LogP) is 5.03. The van der Waals surface area contributed by atoms with Crippen molar-refractivity contribution in [1.82, 2.24) is 19.5 Å². The molecule has 150 valence electrons. The van der Waals surface area contributed by atoms with E-state index in [0.717, 1.165) is 15.8 Å². The second-order valence-electron chi connectivity index (χ2n) is 7.37. The molecule has 29 heavy (non-hydrogen) atoms. The van der Waals surface area contributed by atoms with Gasteiger partial charge in [0.2, 0.25) is 0 Å². The van der Waals surface area contributed by atoms with E-state index in [0.29, 0.717) is 27.7 Å². The van der Waals surface area contributed by atoms with Crippen molar-refractivity contribution in [2.24, 2.45) is 0 Å². The van der Waals surface area contributed by atoms with Gasteiger partial charge in [-0.3, -0.25) is 9.36 Å². The molecule has 4 aromatic rings. The topological polar surface area (TPSA) is 86.7 Å². The molecule has 0 saturated heterocycles. The van der Waals surface area contributed by atoms with Crippen molar-refractivity contribution < 1.29 is 0 Å². The summed E-state index contributed by atoms with van der Waals surface area (Å²) >= 11 is 3.12. The molecular formula is C21H23N5OS2. The lowest BCUT2D eigenvalue weighted by Gasteiger charge is -2.18. The van der Waals surface area contributed by atoms with Crippen LogP contribution in [0.2, 0.25) is 0 Å². The zero-order valence-electron chi connectivity index (χ0n) is 17.1. The van der Waals surface area contributed by atoms with Crippen LogP contribution in [0.25, 0.3) is 21.1 Å². The first kappa shape index (κ1) is 19.8. The Balaban J connectivity index is 1.80. The number of hydrogen-bond donors (Lipinski definition) is 1. The van der Waals surface area contributed by atoms with E-state index in [2.05, 4.69) is 11.9 Å². The zero-order chi connectivity index (χ0) is 20.9. The van der Waals surface area contributed by atoms with Crippen LogP contribution in [0.3, 0.4) is 0 Å². The first-order valence-electron chi connectivity index (χ1n) is 9.49. The van der Waals surface area contributed by atoms with E-state index in [1.54, 1.807) is 15.9 Å². The molecule has 3 heterocycles. The molecule has 0 amide bonds. The van der Waals surface area contributed by atoms with Crippen molar-refractivity contribution in [2.45, 2.75) is 51.1 Å². The number of nitrogen functional groups attached to an aromatic ring is 1. The minimum atomic E-state index is -0.109. The van der Waals surface area contributed by atoms with E-state index in [9.17, 15) is 4.79 Å². The van der Waals surface area contributed by atoms with Crippen LogP contribution in [0.5, 0.6) is 0 Å². The van der Waals surface area contributed by atoms with Crippen molar-refractivity contribution in [1.29, 1.82) is 0 Å². The van der Waals surface area contributed by atoms with E-state index >= 15 is 0 Å². The molecule has 3 aromatic heterocycles. The molecule has 8 heteroatoms. The number of nitrogens with two attached hydrogens (primary N) is 1. The Kier molecular flexibility index (Phi) is 5.08. The number of thioether (sulfide) groups is 1. The van der Waals surface area contributed by atoms with Crippen molar-refractivity contribution in [3.05, 3.63) is 50.9 Å². The molecule has 1 unspecified atom stereocenters. The number of benzene rings is 1. The van der Waals surface area contributed by atoms with E-state index in [-0.39, 0.29) is 16.9 Å². The highest BCUT2D eigenvalue weighted by atomic mass is 32.2. The van der Waals surface area contributed by atoms with Gasteiger partial charge < -0.3 is 5.73 Å². The van der Waals surface area contributed by atoms with Crippen LogP contribution in [-0.2, 0) is 0 Å². The molecule has 0 spiro atoms. The van der Waals surface area contributed by atoms with E-state index in [4.69, 9.17) is 15.7 Å². The summed E-state index contributed by atoms with van der Waals surface area (Å²) in [5.74, 6) is 1.16. The van der Waals surface area contributed by atoms with Gasteiger partial charge in [-0.05, 0) is 52.3 Å². The van der Waals surface area contributed by atoms with Crippen LogP contribution < -0.4 is 11.3 Å². The summed E-state index contributed by atoms with van der Waals surface area (Å²) in [5, 5.41) is 2.13. The fraction of sp³-hybridized carbons (Fsp3) is 0.333. The quantitative estimate of drug-likeness (QED) is 0.364. The smallest absolute Gasteiger partial charge is 0.262 e. The lowest BCUT2D eigenvalue weighted by molar-refractivity contribution is 0.518. The molecule has 4 rings (SSSR count). The largest absolute Gasteiger partial charge is 0.383 e. The molecule has 0 aliphatic carbocycles. The molecule has 0 saturated carbocycles. The van der Waals surface area contributed by atoms with E-state index in [1.807, 2.05) is 52.0 Å². The first-order chi connectivity index (χ1) is 13.8. The van der Waals surface area contributed by atoms with Crippen LogP contribution in [0.4, 0.5) is 5.82 Å². The van der Waals surface area contributed by atoms with Gasteiger partial charge in [0.25, 0.3) is 5.56 Å². The van der Waals surface area contributed by atoms with Gasteiger partial charge in [-0.1, -0.05) is 23.9 Å². The zero-order valence-corrected chi connectivity index (χ0v) is 18.7. The van der Waals surface area contributed by atoms with Crippen LogP contribution in [-0.4, -0.2) is 19.5 Å². The summed E-state index contributed by atoms with van der Waals surface area (Å²) in [6, 6.07) is 7.44. The third kappa shape index (κ3) is 3.40. The number of hydrogen-bond acceptors (Lipinski definition) is 7. The summed E-state index contributed by atoms with van der Waals surface area (Å²) in [6.45, 7) is 10.1. The third-order valence-corrected chi connectivity index (χ3v) is 7.18. The van der Waals surface area contributed by atoms with E-state index < -0.39 is 0 Å². The highest BCUT2D eigenvalue weighted by molar-refractivity contribution is 7.99. The highest BCUT2D eigenvalue weighted by Gasteiger charge is 2.21. The summed E-state index contributed by atoms with van der Waals surface area (Å²) in [7, 11) is 0. The van der Waals surface area contributed by atoms with Crippen LogP contribution in [0.1, 0.15) is 48.3 Å². The number of para-hydroxylation sites is 1. The molecule has 0 bridgehead atoms.